The number of hydrogen-bond acceptors (Lipinski definition) is 4. The molecule has 1 rings (SSSR count). The van der Waals surface area contributed by atoms with Crippen LogP contribution in [-0.4, -0.2) is 31.1 Å². The van der Waals surface area contributed by atoms with Crippen LogP contribution in [0.3, 0.4) is 0 Å². The summed E-state index contributed by atoms with van der Waals surface area (Å²) in [7, 11) is 0. The van der Waals surface area contributed by atoms with E-state index in [1.165, 1.54) is 11.8 Å². The Morgan fingerprint density at radius 2 is 1.90 bits per heavy atom. The Morgan fingerprint density at radius 1 is 1.25 bits per heavy atom. The van der Waals surface area contributed by atoms with Gasteiger partial charge < -0.3 is 14.8 Å². The first-order chi connectivity index (χ1) is 9.62. The monoisotopic (exact) mass is 297 g/mol. The molecule has 4 nitrogen and oxygen atoms in total. The molecule has 5 heteroatoms. The number of carbonyl (C=O) groups excluding carboxylic acids is 1. The predicted molar refractivity (Wildman–Crippen MR) is 83.7 cm³/mol. The highest BCUT2D eigenvalue weighted by atomic mass is 32.2. The molecule has 0 heterocycles. The number of ether oxygens (including phenoxy) is 2. The van der Waals surface area contributed by atoms with Crippen molar-refractivity contribution in [2.45, 2.75) is 26.8 Å². The second-order valence-electron chi connectivity index (χ2n) is 4.29. The Balaban J connectivity index is 2.84. The summed E-state index contributed by atoms with van der Waals surface area (Å²) in [5.41, 5.74) is 1.01. The van der Waals surface area contributed by atoms with Gasteiger partial charge in [-0.1, -0.05) is 6.07 Å². The van der Waals surface area contributed by atoms with E-state index in [1.807, 2.05) is 45.2 Å². The van der Waals surface area contributed by atoms with Crippen LogP contribution in [0.1, 0.15) is 32.4 Å². The van der Waals surface area contributed by atoms with Crippen molar-refractivity contribution in [3.8, 4) is 11.5 Å². The molecule has 1 N–H and O–H groups in total. The van der Waals surface area contributed by atoms with Crippen molar-refractivity contribution in [3.05, 3.63) is 23.8 Å². The first-order valence-electron chi connectivity index (χ1n) is 6.80. The number of benzene rings is 1. The van der Waals surface area contributed by atoms with E-state index in [9.17, 15) is 4.79 Å². The number of thioether (sulfide) groups is 1. The summed E-state index contributed by atoms with van der Waals surface area (Å²) in [5.74, 6) is 1.97. The molecule has 20 heavy (non-hydrogen) atoms. The van der Waals surface area contributed by atoms with Gasteiger partial charge in [0.2, 0.25) is 5.91 Å². The Labute approximate surface area is 125 Å². The maximum Gasteiger partial charge on any atom is 0.230 e. The van der Waals surface area contributed by atoms with Gasteiger partial charge in [-0.25, -0.2) is 0 Å². The van der Waals surface area contributed by atoms with Gasteiger partial charge in [0.1, 0.15) is 0 Å². The van der Waals surface area contributed by atoms with E-state index in [0.717, 1.165) is 17.1 Å². The Morgan fingerprint density at radius 3 is 2.50 bits per heavy atom. The summed E-state index contributed by atoms with van der Waals surface area (Å²) in [6.07, 6.45) is 1.91. The smallest absolute Gasteiger partial charge is 0.230 e. The molecule has 0 saturated carbocycles. The highest BCUT2D eigenvalue weighted by Crippen LogP contribution is 2.30. The van der Waals surface area contributed by atoms with Crippen molar-refractivity contribution in [1.29, 1.82) is 0 Å². The fourth-order valence-corrected chi connectivity index (χ4v) is 2.18. The van der Waals surface area contributed by atoms with Crippen molar-refractivity contribution in [2.75, 3.05) is 25.2 Å². The van der Waals surface area contributed by atoms with E-state index in [0.29, 0.717) is 19.0 Å². The van der Waals surface area contributed by atoms with Crippen LogP contribution in [0.15, 0.2) is 18.2 Å². The van der Waals surface area contributed by atoms with Crippen LogP contribution >= 0.6 is 11.8 Å². The van der Waals surface area contributed by atoms with Gasteiger partial charge in [-0.3, -0.25) is 4.79 Å². The largest absolute Gasteiger partial charge is 0.490 e. The van der Waals surface area contributed by atoms with Gasteiger partial charge in [0.05, 0.1) is 25.0 Å². The van der Waals surface area contributed by atoms with E-state index < -0.39 is 0 Å². The van der Waals surface area contributed by atoms with Crippen LogP contribution in [0.4, 0.5) is 0 Å². The van der Waals surface area contributed by atoms with Gasteiger partial charge in [-0.15, -0.1) is 0 Å². The van der Waals surface area contributed by atoms with Crippen molar-refractivity contribution in [2.24, 2.45) is 0 Å². The molecule has 0 radical (unpaired) electrons. The third kappa shape index (κ3) is 4.96. The van der Waals surface area contributed by atoms with Gasteiger partial charge >= 0.3 is 0 Å². The van der Waals surface area contributed by atoms with Crippen molar-refractivity contribution in [3.63, 3.8) is 0 Å². The van der Waals surface area contributed by atoms with Crippen molar-refractivity contribution < 1.29 is 14.3 Å². The molecule has 0 fully saturated rings. The molecular weight excluding hydrogens is 274 g/mol. The highest BCUT2D eigenvalue weighted by molar-refractivity contribution is 7.99. The lowest BCUT2D eigenvalue weighted by Crippen LogP contribution is -2.28. The zero-order valence-corrected chi connectivity index (χ0v) is 13.4. The second kappa shape index (κ2) is 8.74. The lowest BCUT2D eigenvalue weighted by molar-refractivity contribution is -0.119. The SMILES string of the molecule is CCOc1ccc(C(C)NC(=O)CSC)cc1OCC. The molecule has 0 aliphatic heterocycles. The molecule has 0 bridgehead atoms. The molecule has 0 saturated heterocycles. The standard InChI is InChI=1S/C15H23NO3S/c1-5-18-13-8-7-12(9-14(13)19-6-2)11(3)16-15(17)10-20-4/h7-9,11H,5-6,10H2,1-4H3,(H,16,17). The number of nitrogens with one attached hydrogen (secondary N) is 1. The molecular formula is C15H23NO3S. The first kappa shape index (κ1) is 16.7. The lowest BCUT2D eigenvalue weighted by atomic mass is 10.1. The summed E-state index contributed by atoms with van der Waals surface area (Å²) >= 11 is 1.51. The zero-order valence-electron chi connectivity index (χ0n) is 12.6. The molecule has 1 aromatic carbocycles. The summed E-state index contributed by atoms with van der Waals surface area (Å²) in [6.45, 7) is 7.01. The molecule has 0 aromatic heterocycles. The van der Waals surface area contributed by atoms with Crippen LogP contribution in [0.25, 0.3) is 0 Å². The number of carbonyl (C=O) groups is 1. The van der Waals surface area contributed by atoms with E-state index >= 15 is 0 Å². The van der Waals surface area contributed by atoms with Gasteiger partial charge in [-0.05, 0) is 44.7 Å². The minimum absolute atomic E-state index is 0.0387. The number of amides is 1. The molecule has 112 valence electrons. The Kier molecular flexibility index (Phi) is 7.30. The molecule has 0 aliphatic carbocycles. The lowest BCUT2D eigenvalue weighted by Gasteiger charge is -2.17. The average molecular weight is 297 g/mol. The van der Waals surface area contributed by atoms with E-state index in [1.54, 1.807) is 0 Å². The van der Waals surface area contributed by atoms with Crippen LogP contribution in [0.2, 0.25) is 0 Å². The minimum Gasteiger partial charge on any atom is -0.490 e. The predicted octanol–water partition coefficient (Wildman–Crippen LogP) is 3.02. The zero-order chi connectivity index (χ0) is 15.0. The number of rotatable bonds is 8. The molecule has 0 aliphatic rings. The van der Waals surface area contributed by atoms with Crippen LogP contribution in [0.5, 0.6) is 11.5 Å². The molecule has 1 unspecified atom stereocenters. The third-order valence-corrected chi connectivity index (χ3v) is 3.27. The molecule has 1 amide bonds. The van der Waals surface area contributed by atoms with Crippen molar-refractivity contribution >= 4 is 17.7 Å². The number of hydrogen-bond donors (Lipinski definition) is 1. The van der Waals surface area contributed by atoms with Crippen LogP contribution < -0.4 is 14.8 Å². The molecule has 1 atom stereocenters. The average Bonchev–Trinajstić information content (AvgIpc) is 2.41. The summed E-state index contributed by atoms with van der Waals surface area (Å²) in [4.78, 5) is 11.6. The van der Waals surface area contributed by atoms with Gasteiger partial charge in [0.25, 0.3) is 0 Å². The molecule has 0 spiro atoms. The van der Waals surface area contributed by atoms with E-state index in [-0.39, 0.29) is 11.9 Å². The fraction of sp³-hybridized carbons (Fsp3) is 0.533. The van der Waals surface area contributed by atoms with Gasteiger partial charge in [0, 0.05) is 0 Å². The van der Waals surface area contributed by atoms with Crippen LogP contribution in [-0.2, 0) is 4.79 Å². The van der Waals surface area contributed by atoms with E-state index in [4.69, 9.17) is 9.47 Å². The maximum absolute atomic E-state index is 11.6. The Bertz CT molecular complexity index is 437. The minimum atomic E-state index is -0.0514. The normalized spacial score (nSPS) is 11.8. The quantitative estimate of drug-likeness (QED) is 0.801. The maximum atomic E-state index is 11.6. The van der Waals surface area contributed by atoms with E-state index in [2.05, 4.69) is 5.32 Å². The first-order valence-corrected chi connectivity index (χ1v) is 8.19. The summed E-state index contributed by atoms with van der Waals surface area (Å²) in [6, 6.07) is 5.72. The van der Waals surface area contributed by atoms with Gasteiger partial charge in [0.15, 0.2) is 11.5 Å². The third-order valence-electron chi connectivity index (χ3n) is 2.72. The summed E-state index contributed by atoms with van der Waals surface area (Å²) in [5, 5.41) is 2.96. The fourth-order valence-electron chi connectivity index (χ4n) is 1.83. The summed E-state index contributed by atoms with van der Waals surface area (Å²) < 4.78 is 11.1. The second-order valence-corrected chi connectivity index (χ2v) is 5.16. The van der Waals surface area contributed by atoms with Gasteiger partial charge in [-0.2, -0.15) is 11.8 Å². The topological polar surface area (TPSA) is 47.6 Å². The van der Waals surface area contributed by atoms with Crippen molar-refractivity contribution in [1.82, 2.24) is 5.32 Å². The van der Waals surface area contributed by atoms with Crippen LogP contribution in [0, 0.1) is 0 Å². The highest BCUT2D eigenvalue weighted by Gasteiger charge is 2.12. The molecule has 1 aromatic rings. The Hall–Kier alpha value is -1.36.